The Labute approximate surface area is 326 Å². The number of benzene rings is 1. The number of hydrogen-bond acceptors (Lipinski definition) is 2. The number of hydrogen-bond donors (Lipinski definition) is 0. The van der Waals surface area contributed by atoms with E-state index in [-0.39, 0.29) is 11.6 Å². The molecule has 2 aliphatic carbocycles. The first-order chi connectivity index (χ1) is 25.2. The number of carbonyl (C=O) groups is 2. The molecule has 2 nitrogen and oxygen atoms in total. The Balaban J connectivity index is 1.23. The zero-order valence-electron chi connectivity index (χ0n) is 35.6. The van der Waals surface area contributed by atoms with Crippen molar-refractivity contribution in [3.8, 4) is 0 Å². The second kappa shape index (κ2) is 22.4. The van der Waals surface area contributed by atoms with Gasteiger partial charge < -0.3 is 0 Å². The maximum Gasteiger partial charge on any atom is 0.190 e. The third kappa shape index (κ3) is 15.0. The van der Waals surface area contributed by atoms with Gasteiger partial charge in [-0.1, -0.05) is 136 Å². The Morgan fingerprint density at radius 2 is 1.26 bits per heavy atom. The van der Waals surface area contributed by atoms with Gasteiger partial charge in [0.2, 0.25) is 0 Å². The zero-order chi connectivity index (χ0) is 39.0. The van der Waals surface area contributed by atoms with Gasteiger partial charge in [-0.3, -0.25) is 9.59 Å². The van der Waals surface area contributed by atoms with Crippen molar-refractivity contribution in [1.29, 1.82) is 0 Å². The van der Waals surface area contributed by atoms with Crippen molar-refractivity contribution in [3.63, 3.8) is 0 Å². The molecule has 1 fully saturated rings. The molecule has 1 saturated carbocycles. The lowest BCUT2D eigenvalue weighted by Crippen LogP contribution is -2.29. The van der Waals surface area contributed by atoms with Crippen LogP contribution in [0.1, 0.15) is 199 Å². The van der Waals surface area contributed by atoms with Gasteiger partial charge in [0, 0.05) is 22.3 Å². The maximum absolute atomic E-state index is 13.0. The van der Waals surface area contributed by atoms with Crippen LogP contribution in [0.5, 0.6) is 0 Å². The summed E-state index contributed by atoms with van der Waals surface area (Å²) >= 11 is 0. The van der Waals surface area contributed by atoms with Crippen LogP contribution in [-0.2, 0) is 0 Å². The largest absolute Gasteiger partial charge is 0.289 e. The topological polar surface area (TPSA) is 34.1 Å². The van der Waals surface area contributed by atoms with Gasteiger partial charge >= 0.3 is 0 Å². The maximum atomic E-state index is 13.0. The average molecular weight is 721 g/mol. The van der Waals surface area contributed by atoms with Crippen LogP contribution in [0, 0.1) is 23.2 Å². The summed E-state index contributed by atoms with van der Waals surface area (Å²) in [5.74, 6) is 2.21. The Kier molecular flexibility index (Phi) is 18.8. The van der Waals surface area contributed by atoms with E-state index in [9.17, 15) is 9.59 Å². The van der Waals surface area contributed by atoms with E-state index in [1.54, 1.807) is 30.2 Å². The van der Waals surface area contributed by atoms with Gasteiger partial charge in [-0.15, -0.1) is 0 Å². The number of Topliss-reactive ketones (excluding diaryl/α,β-unsaturated/α-hetero) is 2. The number of carbonyl (C=O) groups excluding carboxylic acids is 2. The minimum atomic E-state index is -0.00826. The molecular weight excluding hydrogens is 645 g/mol. The van der Waals surface area contributed by atoms with Gasteiger partial charge in [-0.25, -0.2) is 0 Å². The van der Waals surface area contributed by atoms with Crippen LogP contribution < -0.4 is 0 Å². The Bertz CT molecular complexity index is 1540. The average Bonchev–Trinajstić information content (AvgIpc) is 3.10. The molecule has 2 aliphatic rings. The molecule has 53 heavy (non-hydrogen) atoms. The van der Waals surface area contributed by atoms with Gasteiger partial charge in [0.25, 0.3) is 0 Å². The normalized spacial score (nSPS) is 19.9. The van der Waals surface area contributed by atoms with Crippen LogP contribution in [0.25, 0.3) is 0 Å². The molecule has 0 aliphatic heterocycles. The van der Waals surface area contributed by atoms with Gasteiger partial charge in [0.1, 0.15) is 0 Å². The van der Waals surface area contributed by atoms with Gasteiger partial charge in [0.05, 0.1) is 0 Å². The van der Waals surface area contributed by atoms with E-state index in [2.05, 4.69) is 86.3 Å². The summed E-state index contributed by atoms with van der Waals surface area (Å²) in [4.78, 5) is 25.8. The summed E-state index contributed by atoms with van der Waals surface area (Å²) in [5.41, 5.74) is 10.2. The number of allylic oxidation sites excluding steroid dienone is 11. The van der Waals surface area contributed by atoms with E-state index >= 15 is 0 Å². The summed E-state index contributed by atoms with van der Waals surface area (Å²) < 4.78 is 0. The highest BCUT2D eigenvalue weighted by molar-refractivity contribution is 6.26. The summed E-state index contributed by atoms with van der Waals surface area (Å²) in [6.07, 6.45) is 31.1. The molecule has 0 spiro atoms. The fourth-order valence-electron chi connectivity index (χ4n) is 8.66. The van der Waals surface area contributed by atoms with Crippen LogP contribution in [0.2, 0.25) is 0 Å². The third-order valence-electron chi connectivity index (χ3n) is 12.6. The van der Waals surface area contributed by atoms with E-state index in [1.165, 1.54) is 107 Å². The van der Waals surface area contributed by atoms with Crippen LogP contribution in [0.15, 0.2) is 94.2 Å². The summed E-state index contributed by atoms with van der Waals surface area (Å²) in [5, 5.41) is 0. The van der Waals surface area contributed by atoms with Crippen molar-refractivity contribution in [1.82, 2.24) is 0 Å². The molecule has 2 heteroatoms. The van der Waals surface area contributed by atoms with E-state index in [0.29, 0.717) is 40.0 Å². The molecule has 0 radical (unpaired) electrons. The highest BCUT2D eigenvalue weighted by Gasteiger charge is 2.34. The molecule has 3 atom stereocenters. The van der Waals surface area contributed by atoms with Crippen molar-refractivity contribution < 1.29 is 9.59 Å². The molecule has 0 bridgehead atoms. The SMILES string of the molecule is C=C1CCCC(C)(C)C1CC/C(C)=C/CC/C(C)=C/CC/C(C)=C/CCC(C)CCCC(C)CCC/C(C)=C/CC1=C(C)C(=O)c2ccccc2C1=O. The van der Waals surface area contributed by atoms with Crippen LogP contribution in [0.4, 0.5) is 0 Å². The molecule has 0 N–H and O–H groups in total. The quantitative estimate of drug-likeness (QED) is 0.112. The van der Waals surface area contributed by atoms with E-state index in [1.807, 2.05) is 12.1 Å². The minimum absolute atomic E-state index is 0.00826. The van der Waals surface area contributed by atoms with Crippen molar-refractivity contribution in [2.45, 2.75) is 178 Å². The summed E-state index contributed by atoms with van der Waals surface area (Å²) in [7, 11) is 0. The predicted molar refractivity (Wildman–Crippen MR) is 231 cm³/mol. The second-order valence-electron chi connectivity index (χ2n) is 18.0. The number of fused-ring (bicyclic) bond motifs is 1. The molecule has 0 aromatic heterocycles. The van der Waals surface area contributed by atoms with Crippen LogP contribution >= 0.6 is 0 Å². The molecule has 1 aromatic rings. The second-order valence-corrected chi connectivity index (χ2v) is 18.0. The lowest BCUT2D eigenvalue weighted by Gasteiger charge is -2.40. The molecule has 3 unspecified atom stereocenters. The minimum Gasteiger partial charge on any atom is -0.289 e. The molecular formula is C51H76O2. The van der Waals surface area contributed by atoms with Gasteiger partial charge in [-0.2, -0.15) is 0 Å². The molecule has 0 saturated heterocycles. The summed E-state index contributed by atoms with van der Waals surface area (Å²) in [6.45, 7) is 25.0. The van der Waals surface area contributed by atoms with E-state index in [0.717, 1.165) is 31.1 Å². The van der Waals surface area contributed by atoms with Crippen LogP contribution in [0.3, 0.4) is 0 Å². The van der Waals surface area contributed by atoms with Crippen molar-refractivity contribution in [2.24, 2.45) is 23.2 Å². The monoisotopic (exact) mass is 721 g/mol. The fourth-order valence-corrected chi connectivity index (χ4v) is 8.66. The first-order valence-electron chi connectivity index (χ1n) is 21.4. The fraction of sp³-hybridized carbons (Fsp3) is 0.608. The van der Waals surface area contributed by atoms with Crippen molar-refractivity contribution >= 4 is 11.6 Å². The van der Waals surface area contributed by atoms with Crippen molar-refractivity contribution in [2.75, 3.05) is 0 Å². The molecule has 0 heterocycles. The third-order valence-corrected chi connectivity index (χ3v) is 12.6. The Morgan fingerprint density at radius 3 is 1.89 bits per heavy atom. The first-order valence-corrected chi connectivity index (χ1v) is 21.4. The Hall–Kier alpha value is -3.00. The molecule has 1 aromatic carbocycles. The number of rotatable bonds is 22. The van der Waals surface area contributed by atoms with Gasteiger partial charge in [-0.05, 0) is 148 Å². The van der Waals surface area contributed by atoms with Crippen LogP contribution in [-0.4, -0.2) is 11.6 Å². The lowest BCUT2D eigenvalue weighted by atomic mass is 9.65. The van der Waals surface area contributed by atoms with E-state index < -0.39 is 0 Å². The first kappa shape index (κ1) is 44.4. The molecule has 292 valence electrons. The van der Waals surface area contributed by atoms with E-state index in [4.69, 9.17) is 0 Å². The Morgan fingerprint density at radius 1 is 0.736 bits per heavy atom. The smallest absolute Gasteiger partial charge is 0.190 e. The predicted octanol–water partition coefficient (Wildman–Crippen LogP) is 15.7. The summed E-state index contributed by atoms with van der Waals surface area (Å²) in [6, 6.07) is 7.20. The standard InChI is InChI=1S/C51H76O2/c1-37(19-13-20-38(2)22-15-24-40(4)26-17-28-42(6)33-35-48-43(7)29-18-36-51(48,9)10)21-14-23-39(3)25-16-27-41(5)32-34-45-44(8)49(52)46-30-11-12-31-47(46)50(45)53/h11-12,20,24,28,30-32,37,39,48H,7,13-19,21-23,25-27,29,33-36H2,1-6,8-10H3/b38-20+,40-24+,41-32+,42-28+. The molecule has 3 rings (SSSR count). The highest BCUT2D eigenvalue weighted by atomic mass is 16.1. The molecule has 0 amide bonds. The zero-order valence-corrected chi connectivity index (χ0v) is 35.6. The number of ketones is 2. The van der Waals surface area contributed by atoms with Gasteiger partial charge in [0.15, 0.2) is 11.6 Å². The highest BCUT2D eigenvalue weighted by Crippen LogP contribution is 2.45. The lowest BCUT2D eigenvalue weighted by molar-refractivity contribution is 0.0973. The van der Waals surface area contributed by atoms with Crippen molar-refractivity contribution in [3.05, 3.63) is 105 Å².